The Kier molecular flexibility index (Phi) is 5.15. The first-order valence-electron chi connectivity index (χ1n) is 7.72. The molecule has 138 valence electrons. The Morgan fingerprint density at radius 3 is 2.67 bits per heavy atom. The van der Waals surface area contributed by atoms with Gasteiger partial charge in [0.05, 0.1) is 22.6 Å². The van der Waals surface area contributed by atoms with Gasteiger partial charge in [-0.2, -0.15) is 0 Å². The average molecular weight is 402 g/mol. The lowest BCUT2D eigenvalue weighted by molar-refractivity contribution is -0.384. The molecule has 27 heavy (non-hydrogen) atoms. The summed E-state index contributed by atoms with van der Waals surface area (Å²) in [5, 5.41) is 20.6. The van der Waals surface area contributed by atoms with Crippen molar-refractivity contribution in [3.05, 3.63) is 62.5 Å². The van der Waals surface area contributed by atoms with Crippen molar-refractivity contribution in [3.63, 3.8) is 0 Å². The molecule has 1 fully saturated rings. The summed E-state index contributed by atoms with van der Waals surface area (Å²) in [6.07, 6.45) is 1.65. The number of thiocarbonyl (C=S) groups is 1. The van der Waals surface area contributed by atoms with Crippen molar-refractivity contribution in [2.75, 3.05) is 12.0 Å². The molecule has 0 aliphatic carbocycles. The number of phenols is 1. The van der Waals surface area contributed by atoms with Gasteiger partial charge in [-0.25, -0.2) is 0 Å². The van der Waals surface area contributed by atoms with Gasteiger partial charge in [0.15, 0.2) is 15.8 Å². The van der Waals surface area contributed by atoms with Crippen LogP contribution >= 0.6 is 24.0 Å². The number of phenolic OH excluding ortho intramolecular Hbond substituents is 1. The summed E-state index contributed by atoms with van der Waals surface area (Å²) in [5.74, 6) is -0.0110. The van der Waals surface area contributed by atoms with Crippen molar-refractivity contribution in [1.82, 2.24) is 0 Å². The molecule has 0 radical (unpaired) electrons. The quantitative estimate of drug-likeness (QED) is 0.357. The zero-order chi connectivity index (χ0) is 19.7. The van der Waals surface area contributed by atoms with Crippen LogP contribution in [0.4, 0.5) is 11.4 Å². The third-order valence-corrected chi connectivity index (χ3v) is 5.23. The Balaban J connectivity index is 1.95. The number of benzene rings is 2. The van der Waals surface area contributed by atoms with E-state index in [1.807, 2.05) is 0 Å². The number of ether oxygens (including phenoxy) is 1. The van der Waals surface area contributed by atoms with Crippen LogP contribution in [0.25, 0.3) is 6.08 Å². The fourth-order valence-electron chi connectivity index (χ4n) is 2.61. The van der Waals surface area contributed by atoms with Crippen LogP contribution in [0.3, 0.4) is 0 Å². The summed E-state index contributed by atoms with van der Waals surface area (Å²) in [6, 6.07) is 9.01. The molecular formula is C18H14N2O5S2. The van der Waals surface area contributed by atoms with E-state index in [0.717, 1.165) is 11.8 Å². The number of anilines is 1. The van der Waals surface area contributed by atoms with E-state index in [4.69, 9.17) is 17.0 Å². The summed E-state index contributed by atoms with van der Waals surface area (Å²) < 4.78 is 5.41. The second kappa shape index (κ2) is 7.37. The molecule has 1 saturated heterocycles. The fourth-order valence-corrected chi connectivity index (χ4v) is 3.90. The zero-order valence-corrected chi connectivity index (χ0v) is 16.0. The number of non-ortho nitro benzene ring substituents is 1. The first-order valence-corrected chi connectivity index (χ1v) is 8.94. The van der Waals surface area contributed by atoms with Gasteiger partial charge in [0, 0.05) is 12.1 Å². The summed E-state index contributed by atoms with van der Waals surface area (Å²) >= 11 is 6.47. The highest BCUT2D eigenvalue weighted by Gasteiger charge is 2.34. The number of thioether (sulfide) groups is 1. The van der Waals surface area contributed by atoms with E-state index in [0.29, 0.717) is 31.8 Å². The molecule has 0 atom stereocenters. The zero-order valence-electron chi connectivity index (χ0n) is 14.3. The van der Waals surface area contributed by atoms with Gasteiger partial charge in [0.2, 0.25) is 0 Å². The molecule has 1 heterocycles. The highest BCUT2D eigenvalue weighted by Crippen LogP contribution is 2.38. The summed E-state index contributed by atoms with van der Waals surface area (Å²) in [6.45, 7) is 1.69. The van der Waals surface area contributed by atoms with E-state index >= 15 is 0 Å². The molecule has 1 aliphatic heterocycles. The van der Waals surface area contributed by atoms with Crippen LogP contribution in [-0.2, 0) is 4.79 Å². The van der Waals surface area contributed by atoms with Gasteiger partial charge in [-0.3, -0.25) is 19.8 Å². The number of nitro groups is 1. The largest absolute Gasteiger partial charge is 0.504 e. The molecule has 0 spiro atoms. The molecule has 3 rings (SSSR count). The Hall–Kier alpha value is -2.91. The smallest absolute Gasteiger partial charge is 0.270 e. The number of aromatic hydroxyl groups is 1. The van der Waals surface area contributed by atoms with Crippen molar-refractivity contribution in [1.29, 1.82) is 0 Å². The molecule has 2 aromatic rings. The van der Waals surface area contributed by atoms with Crippen LogP contribution in [0.1, 0.15) is 11.1 Å². The average Bonchev–Trinajstić information content (AvgIpc) is 2.90. The van der Waals surface area contributed by atoms with Crippen molar-refractivity contribution in [2.24, 2.45) is 0 Å². The normalized spacial score (nSPS) is 15.5. The second-order valence-corrected chi connectivity index (χ2v) is 7.35. The number of nitrogens with zero attached hydrogens (tertiary/aromatic N) is 2. The Labute approximate surface area is 164 Å². The van der Waals surface area contributed by atoms with Crippen molar-refractivity contribution < 1.29 is 19.6 Å². The van der Waals surface area contributed by atoms with Crippen LogP contribution in [-0.4, -0.2) is 27.4 Å². The topological polar surface area (TPSA) is 92.9 Å². The summed E-state index contributed by atoms with van der Waals surface area (Å²) in [5.41, 5.74) is 1.71. The predicted octanol–water partition coefficient (Wildman–Crippen LogP) is 4.02. The number of hydrogen-bond acceptors (Lipinski definition) is 7. The number of rotatable bonds is 4. The molecule has 0 saturated carbocycles. The van der Waals surface area contributed by atoms with Crippen LogP contribution < -0.4 is 9.64 Å². The van der Waals surface area contributed by atoms with Crippen molar-refractivity contribution >= 4 is 51.7 Å². The van der Waals surface area contributed by atoms with Crippen LogP contribution in [0.15, 0.2) is 41.3 Å². The number of methoxy groups -OCH3 is 1. The number of nitro benzene ring substituents is 1. The van der Waals surface area contributed by atoms with Crippen molar-refractivity contribution in [3.8, 4) is 11.5 Å². The number of hydrogen-bond donors (Lipinski definition) is 1. The minimum Gasteiger partial charge on any atom is -0.504 e. The molecule has 1 N–H and O–H groups in total. The lowest BCUT2D eigenvalue weighted by atomic mass is 10.1. The van der Waals surface area contributed by atoms with Gasteiger partial charge in [0.1, 0.15) is 0 Å². The summed E-state index contributed by atoms with van der Waals surface area (Å²) in [7, 11) is 1.44. The number of amides is 1. The van der Waals surface area contributed by atoms with E-state index in [1.165, 1.54) is 36.3 Å². The highest BCUT2D eigenvalue weighted by atomic mass is 32.2. The first-order chi connectivity index (χ1) is 12.8. The lowest BCUT2D eigenvalue weighted by Crippen LogP contribution is -2.28. The molecule has 0 unspecified atom stereocenters. The second-order valence-electron chi connectivity index (χ2n) is 5.68. The minimum absolute atomic E-state index is 0.00343. The minimum atomic E-state index is -0.487. The predicted molar refractivity (Wildman–Crippen MR) is 108 cm³/mol. The maximum Gasteiger partial charge on any atom is 0.270 e. The molecule has 0 bridgehead atoms. The molecule has 2 aromatic carbocycles. The van der Waals surface area contributed by atoms with E-state index < -0.39 is 4.92 Å². The van der Waals surface area contributed by atoms with E-state index in [-0.39, 0.29) is 17.3 Å². The Bertz CT molecular complexity index is 1000. The van der Waals surface area contributed by atoms with Crippen LogP contribution in [0.2, 0.25) is 0 Å². The number of aryl methyl sites for hydroxylation is 1. The third-order valence-electron chi connectivity index (χ3n) is 3.93. The van der Waals surface area contributed by atoms with Gasteiger partial charge in [-0.05, 0) is 42.3 Å². The Morgan fingerprint density at radius 1 is 1.30 bits per heavy atom. The van der Waals surface area contributed by atoms with E-state index in [2.05, 4.69) is 0 Å². The summed E-state index contributed by atoms with van der Waals surface area (Å²) in [4.78, 5) is 25.0. The van der Waals surface area contributed by atoms with E-state index in [1.54, 1.807) is 25.1 Å². The maximum absolute atomic E-state index is 12.8. The molecule has 1 aliphatic rings. The van der Waals surface area contributed by atoms with Crippen LogP contribution in [0.5, 0.6) is 11.5 Å². The maximum atomic E-state index is 12.8. The molecule has 1 amide bonds. The molecule has 9 heteroatoms. The highest BCUT2D eigenvalue weighted by molar-refractivity contribution is 8.27. The first kappa shape index (κ1) is 18.9. The third kappa shape index (κ3) is 3.64. The van der Waals surface area contributed by atoms with Crippen LogP contribution in [0, 0.1) is 17.0 Å². The van der Waals surface area contributed by atoms with Gasteiger partial charge >= 0.3 is 0 Å². The monoisotopic (exact) mass is 402 g/mol. The van der Waals surface area contributed by atoms with Gasteiger partial charge in [0.25, 0.3) is 11.6 Å². The standard InChI is InChI=1S/C18H14N2O5S2/c1-10-7-12(20(23)24)4-5-13(10)19-17(22)16(27-18(19)26)9-11-3-6-14(21)15(8-11)25-2/h3-9,21H,1-2H3/b16-9-. The lowest BCUT2D eigenvalue weighted by Gasteiger charge is -2.16. The van der Waals surface area contributed by atoms with E-state index in [9.17, 15) is 20.0 Å². The number of carbonyl (C=O) groups excluding carboxylic acids is 1. The van der Waals surface area contributed by atoms with Gasteiger partial charge in [-0.1, -0.05) is 30.0 Å². The Morgan fingerprint density at radius 2 is 2.04 bits per heavy atom. The molecular weight excluding hydrogens is 388 g/mol. The SMILES string of the molecule is COc1cc(/C=C2\SC(=S)N(c3ccc([N+](=O)[O-])cc3C)C2=O)ccc1O. The number of carbonyl (C=O) groups is 1. The van der Waals surface area contributed by atoms with Gasteiger partial charge in [-0.15, -0.1) is 0 Å². The fraction of sp³-hybridized carbons (Fsp3) is 0.111. The van der Waals surface area contributed by atoms with Gasteiger partial charge < -0.3 is 9.84 Å². The molecule has 0 aromatic heterocycles. The molecule has 7 nitrogen and oxygen atoms in total. The van der Waals surface area contributed by atoms with Crippen molar-refractivity contribution in [2.45, 2.75) is 6.92 Å².